The lowest BCUT2D eigenvalue weighted by molar-refractivity contribution is -0.133. The fraction of sp³-hybridized carbons (Fsp3) is 0.938. The van der Waals surface area contributed by atoms with Crippen molar-refractivity contribution < 1.29 is 4.79 Å². The lowest BCUT2D eigenvalue weighted by atomic mass is 9.97. The predicted molar refractivity (Wildman–Crippen MR) is 80.3 cm³/mol. The van der Waals surface area contributed by atoms with Gasteiger partial charge in [-0.3, -0.25) is 10.1 Å². The Labute approximate surface area is 122 Å². The van der Waals surface area contributed by atoms with Crippen LogP contribution in [0, 0.1) is 5.92 Å². The van der Waals surface area contributed by atoms with Gasteiger partial charge in [-0.1, -0.05) is 25.7 Å². The van der Waals surface area contributed by atoms with Gasteiger partial charge in [0.25, 0.3) is 0 Å². The van der Waals surface area contributed by atoms with Gasteiger partial charge in [0.05, 0.1) is 11.7 Å². The van der Waals surface area contributed by atoms with Crippen LogP contribution in [0.15, 0.2) is 0 Å². The molecule has 1 aliphatic heterocycles. The molecule has 1 N–H and O–H groups in total. The van der Waals surface area contributed by atoms with Crippen molar-refractivity contribution in [2.45, 2.75) is 63.1 Å². The second-order valence-corrected chi connectivity index (χ2v) is 7.22. The highest BCUT2D eigenvalue weighted by atomic mass is 16.2. The standard InChI is InChI=1S/C16H29N3O/c1-18(2)11-12-19-14(13-7-3-4-8-13)17-16(15(19)20)9-5-6-10-16/h13-14,17H,3-12H2,1-2H3. The van der Waals surface area contributed by atoms with Gasteiger partial charge in [-0.2, -0.15) is 0 Å². The van der Waals surface area contributed by atoms with E-state index in [2.05, 4.69) is 29.2 Å². The van der Waals surface area contributed by atoms with Crippen LogP contribution in [0.2, 0.25) is 0 Å². The SMILES string of the molecule is CN(C)CCN1C(=O)C2(CCCC2)NC1C1CCCC1. The summed E-state index contributed by atoms with van der Waals surface area (Å²) in [5.74, 6) is 1.08. The Kier molecular flexibility index (Phi) is 4.04. The Hall–Kier alpha value is -0.610. The van der Waals surface area contributed by atoms with Crippen LogP contribution in [0.5, 0.6) is 0 Å². The molecular formula is C16H29N3O. The van der Waals surface area contributed by atoms with E-state index in [-0.39, 0.29) is 5.54 Å². The number of amides is 1. The maximum atomic E-state index is 13.0. The van der Waals surface area contributed by atoms with Crippen LogP contribution in [0.3, 0.4) is 0 Å². The van der Waals surface area contributed by atoms with E-state index in [1.54, 1.807) is 0 Å². The first-order valence-electron chi connectivity index (χ1n) is 8.36. The van der Waals surface area contributed by atoms with Crippen molar-refractivity contribution in [3.63, 3.8) is 0 Å². The molecule has 2 saturated carbocycles. The third-order valence-electron chi connectivity index (χ3n) is 5.52. The van der Waals surface area contributed by atoms with Gasteiger partial charge in [-0.15, -0.1) is 0 Å². The maximum Gasteiger partial charge on any atom is 0.244 e. The van der Waals surface area contributed by atoms with Gasteiger partial charge < -0.3 is 9.80 Å². The highest BCUT2D eigenvalue weighted by Gasteiger charge is 2.53. The van der Waals surface area contributed by atoms with Gasteiger partial charge in [0.15, 0.2) is 0 Å². The van der Waals surface area contributed by atoms with Crippen LogP contribution in [0.1, 0.15) is 51.4 Å². The van der Waals surface area contributed by atoms with E-state index in [9.17, 15) is 4.79 Å². The molecule has 1 atom stereocenters. The lowest BCUT2D eigenvalue weighted by Crippen LogP contribution is -2.46. The van der Waals surface area contributed by atoms with Crippen LogP contribution in [0.4, 0.5) is 0 Å². The summed E-state index contributed by atoms with van der Waals surface area (Å²) in [6.07, 6.45) is 10.1. The number of nitrogens with one attached hydrogen (secondary N) is 1. The van der Waals surface area contributed by atoms with Crippen molar-refractivity contribution in [2.24, 2.45) is 5.92 Å². The van der Waals surface area contributed by atoms with Crippen molar-refractivity contribution in [1.82, 2.24) is 15.1 Å². The molecule has 114 valence electrons. The first-order chi connectivity index (χ1) is 9.62. The number of carbonyl (C=O) groups excluding carboxylic acids is 1. The van der Waals surface area contributed by atoms with Crippen molar-refractivity contribution in [2.75, 3.05) is 27.2 Å². The number of nitrogens with zero attached hydrogens (tertiary/aromatic N) is 2. The van der Waals surface area contributed by atoms with Crippen LogP contribution < -0.4 is 5.32 Å². The molecule has 1 heterocycles. The smallest absolute Gasteiger partial charge is 0.244 e. The van der Waals surface area contributed by atoms with E-state index in [1.807, 2.05) is 0 Å². The summed E-state index contributed by atoms with van der Waals surface area (Å²) < 4.78 is 0. The average Bonchev–Trinajstić information content (AvgIpc) is 3.13. The molecular weight excluding hydrogens is 250 g/mol. The summed E-state index contributed by atoms with van der Waals surface area (Å²) in [7, 11) is 4.17. The molecule has 3 fully saturated rings. The zero-order valence-corrected chi connectivity index (χ0v) is 13.0. The summed E-state index contributed by atoms with van der Waals surface area (Å²) in [6, 6.07) is 0. The topological polar surface area (TPSA) is 35.6 Å². The third-order valence-corrected chi connectivity index (χ3v) is 5.52. The van der Waals surface area contributed by atoms with Crippen molar-refractivity contribution in [3.05, 3.63) is 0 Å². The summed E-state index contributed by atoms with van der Waals surface area (Å²) in [5.41, 5.74) is -0.195. The molecule has 1 saturated heterocycles. The Morgan fingerprint density at radius 1 is 1.20 bits per heavy atom. The van der Waals surface area contributed by atoms with Gasteiger partial charge in [0.1, 0.15) is 0 Å². The van der Waals surface area contributed by atoms with Gasteiger partial charge in [-0.25, -0.2) is 0 Å². The Bertz CT molecular complexity index is 357. The number of hydrogen-bond donors (Lipinski definition) is 1. The minimum Gasteiger partial charge on any atom is -0.324 e. The largest absolute Gasteiger partial charge is 0.324 e. The summed E-state index contributed by atoms with van der Waals surface area (Å²) >= 11 is 0. The molecule has 0 radical (unpaired) electrons. The van der Waals surface area contributed by atoms with Crippen molar-refractivity contribution in [3.8, 4) is 0 Å². The van der Waals surface area contributed by atoms with Gasteiger partial charge in [-0.05, 0) is 45.7 Å². The zero-order chi connectivity index (χ0) is 14.2. The fourth-order valence-corrected chi connectivity index (χ4v) is 4.35. The van der Waals surface area contributed by atoms with E-state index in [4.69, 9.17) is 0 Å². The number of rotatable bonds is 4. The van der Waals surface area contributed by atoms with Crippen LogP contribution in [-0.2, 0) is 4.79 Å². The van der Waals surface area contributed by atoms with E-state index in [1.165, 1.54) is 38.5 Å². The molecule has 1 amide bonds. The molecule has 3 rings (SSSR count). The van der Waals surface area contributed by atoms with Crippen molar-refractivity contribution >= 4 is 5.91 Å². The minimum absolute atomic E-state index is 0.195. The molecule has 0 aromatic rings. The highest BCUT2D eigenvalue weighted by molar-refractivity contribution is 5.89. The van der Waals surface area contributed by atoms with Crippen LogP contribution in [-0.4, -0.2) is 54.6 Å². The molecule has 20 heavy (non-hydrogen) atoms. The van der Waals surface area contributed by atoms with E-state index >= 15 is 0 Å². The van der Waals surface area contributed by atoms with E-state index in [0.717, 1.165) is 25.9 Å². The molecule has 0 bridgehead atoms. The Morgan fingerprint density at radius 3 is 2.45 bits per heavy atom. The molecule has 4 heteroatoms. The third kappa shape index (κ3) is 2.48. The molecule has 1 unspecified atom stereocenters. The molecule has 4 nitrogen and oxygen atoms in total. The summed E-state index contributed by atoms with van der Waals surface area (Å²) in [5, 5.41) is 3.79. The maximum absolute atomic E-state index is 13.0. The quantitative estimate of drug-likeness (QED) is 0.852. The molecule has 3 aliphatic rings. The van der Waals surface area contributed by atoms with E-state index < -0.39 is 0 Å². The first-order valence-corrected chi connectivity index (χ1v) is 8.36. The van der Waals surface area contributed by atoms with Gasteiger partial charge >= 0.3 is 0 Å². The van der Waals surface area contributed by atoms with Crippen molar-refractivity contribution in [1.29, 1.82) is 0 Å². The molecule has 0 aromatic heterocycles. The van der Waals surface area contributed by atoms with Gasteiger partial charge in [0.2, 0.25) is 5.91 Å². The second kappa shape index (κ2) is 5.64. The van der Waals surface area contributed by atoms with Crippen LogP contribution in [0.25, 0.3) is 0 Å². The monoisotopic (exact) mass is 279 g/mol. The average molecular weight is 279 g/mol. The summed E-state index contributed by atoms with van der Waals surface area (Å²) in [6.45, 7) is 1.84. The fourth-order valence-electron chi connectivity index (χ4n) is 4.35. The Morgan fingerprint density at radius 2 is 1.85 bits per heavy atom. The zero-order valence-electron chi connectivity index (χ0n) is 13.0. The lowest BCUT2D eigenvalue weighted by Gasteiger charge is -2.29. The number of carbonyl (C=O) groups is 1. The first kappa shape index (κ1) is 14.3. The predicted octanol–water partition coefficient (Wildman–Crippen LogP) is 1.81. The molecule has 0 aromatic carbocycles. The second-order valence-electron chi connectivity index (χ2n) is 7.22. The Balaban J connectivity index is 1.76. The summed E-state index contributed by atoms with van der Waals surface area (Å²) in [4.78, 5) is 17.3. The normalized spacial score (nSPS) is 30.2. The highest BCUT2D eigenvalue weighted by Crippen LogP contribution is 2.40. The molecule has 2 aliphatic carbocycles. The van der Waals surface area contributed by atoms with Crippen LogP contribution >= 0.6 is 0 Å². The number of likely N-dealkylation sites (N-methyl/N-ethyl adjacent to an activating group) is 1. The van der Waals surface area contributed by atoms with E-state index in [0.29, 0.717) is 18.0 Å². The van der Waals surface area contributed by atoms with Gasteiger partial charge in [0, 0.05) is 13.1 Å². The molecule has 1 spiro atoms. The number of hydrogen-bond acceptors (Lipinski definition) is 3. The minimum atomic E-state index is -0.195.